The molecule has 0 fully saturated rings. The number of rotatable bonds is 3. The van der Waals surface area contributed by atoms with Crippen molar-refractivity contribution in [2.24, 2.45) is 5.16 Å². The van der Waals surface area contributed by atoms with E-state index in [0.717, 1.165) is 5.71 Å². The molecule has 0 rings (SSSR count). The molecule has 10 heavy (non-hydrogen) atoms. The third-order valence-electron chi connectivity index (χ3n) is 0.856. The molecule has 0 aromatic carbocycles. The Hall–Kier alpha value is -0.570. The fraction of sp³-hybridized carbons (Fsp3) is 0.857. The zero-order valence-corrected chi connectivity index (χ0v) is 7.01. The summed E-state index contributed by atoms with van der Waals surface area (Å²) in [5, 5.41) is 12.4. The van der Waals surface area contributed by atoms with Crippen LogP contribution in [0.3, 0.4) is 0 Å². The van der Waals surface area contributed by atoms with Gasteiger partial charge in [0.25, 0.3) is 0 Å². The predicted molar refractivity (Wildman–Crippen MR) is 41.0 cm³/mol. The minimum Gasteiger partial charge on any atom is -0.392 e. The minimum absolute atomic E-state index is 0.0240. The highest BCUT2D eigenvalue weighted by Gasteiger charge is 2.17. The molecule has 0 aliphatic carbocycles. The second kappa shape index (κ2) is 3.56. The molecule has 3 nitrogen and oxygen atoms in total. The lowest BCUT2D eigenvalue weighted by Gasteiger charge is -2.18. The first-order chi connectivity index (χ1) is 4.48. The first-order valence-corrected chi connectivity index (χ1v) is 3.28. The normalized spacial score (nSPS) is 10.9. The molecule has 0 aliphatic heterocycles. The van der Waals surface area contributed by atoms with Gasteiger partial charge in [-0.15, -0.1) is 0 Å². The summed E-state index contributed by atoms with van der Waals surface area (Å²) in [6.45, 7) is 7.21. The van der Waals surface area contributed by atoms with E-state index in [0.29, 0.717) is 0 Å². The van der Waals surface area contributed by atoms with E-state index < -0.39 is 5.60 Å². The summed E-state index contributed by atoms with van der Waals surface area (Å²) in [6.07, 6.45) is 0. The topological polar surface area (TPSA) is 41.8 Å². The molecule has 0 atom stereocenters. The molecule has 60 valence electrons. The lowest BCUT2D eigenvalue weighted by molar-refractivity contribution is -0.0515. The largest absolute Gasteiger partial charge is 0.392 e. The summed E-state index contributed by atoms with van der Waals surface area (Å²) >= 11 is 0. The molecule has 0 aromatic rings. The fourth-order valence-electron chi connectivity index (χ4n) is 0.244. The van der Waals surface area contributed by atoms with Gasteiger partial charge in [-0.1, -0.05) is 5.16 Å². The Balaban J connectivity index is 3.78. The Morgan fingerprint density at radius 3 is 2.30 bits per heavy atom. The molecule has 0 aromatic heterocycles. The van der Waals surface area contributed by atoms with Crippen LogP contribution in [0, 0.1) is 0 Å². The molecule has 0 bridgehead atoms. The lowest BCUT2D eigenvalue weighted by atomic mass is 10.2. The number of oxime groups is 1. The van der Waals surface area contributed by atoms with Crippen LogP contribution >= 0.6 is 0 Å². The highest BCUT2D eigenvalue weighted by atomic mass is 16.7. The molecule has 0 aliphatic rings. The van der Waals surface area contributed by atoms with Crippen molar-refractivity contribution in [2.75, 3.05) is 6.61 Å². The van der Waals surface area contributed by atoms with Crippen molar-refractivity contribution in [3.63, 3.8) is 0 Å². The van der Waals surface area contributed by atoms with Crippen molar-refractivity contribution in [2.45, 2.75) is 33.3 Å². The van der Waals surface area contributed by atoms with Crippen LogP contribution in [0.1, 0.15) is 27.7 Å². The van der Waals surface area contributed by atoms with Crippen LogP contribution in [0.5, 0.6) is 0 Å². The quantitative estimate of drug-likeness (QED) is 0.478. The third-order valence-corrected chi connectivity index (χ3v) is 0.856. The van der Waals surface area contributed by atoms with Gasteiger partial charge >= 0.3 is 0 Å². The molecular formula is C7H15NO2. The van der Waals surface area contributed by atoms with Crippen LogP contribution in [0.25, 0.3) is 0 Å². The molecular weight excluding hydrogens is 130 g/mol. The van der Waals surface area contributed by atoms with Crippen LogP contribution in [-0.4, -0.2) is 23.0 Å². The van der Waals surface area contributed by atoms with Gasteiger partial charge in [-0.2, -0.15) is 0 Å². The maximum atomic E-state index is 8.71. The average Bonchev–Trinajstić information content (AvgIpc) is 1.85. The monoisotopic (exact) mass is 145 g/mol. The van der Waals surface area contributed by atoms with E-state index in [4.69, 9.17) is 9.94 Å². The van der Waals surface area contributed by atoms with Gasteiger partial charge in [0.2, 0.25) is 0 Å². The summed E-state index contributed by atoms with van der Waals surface area (Å²) in [6, 6.07) is 0. The second-order valence-electron chi connectivity index (χ2n) is 3.05. The number of nitrogens with zero attached hydrogens (tertiary/aromatic N) is 1. The van der Waals surface area contributed by atoms with Crippen molar-refractivity contribution in [3.05, 3.63) is 0 Å². The van der Waals surface area contributed by atoms with E-state index >= 15 is 0 Å². The smallest absolute Gasteiger partial charge is 0.155 e. The Labute approximate surface area is 61.7 Å². The minimum atomic E-state index is -0.558. The van der Waals surface area contributed by atoms with E-state index in [1.165, 1.54) is 0 Å². The molecule has 0 heterocycles. The number of hydrogen-bond donors (Lipinski definition) is 1. The number of aliphatic hydroxyl groups is 1. The fourth-order valence-corrected chi connectivity index (χ4v) is 0.244. The van der Waals surface area contributed by atoms with Crippen molar-refractivity contribution in [1.29, 1.82) is 0 Å². The summed E-state index contributed by atoms with van der Waals surface area (Å²) in [7, 11) is 0. The first kappa shape index (κ1) is 9.43. The van der Waals surface area contributed by atoms with Gasteiger partial charge in [0, 0.05) is 0 Å². The Bertz CT molecular complexity index is 126. The summed E-state index contributed by atoms with van der Waals surface area (Å²) in [5.74, 6) is 0. The molecule has 0 saturated heterocycles. The van der Waals surface area contributed by atoms with Gasteiger partial charge < -0.3 is 9.94 Å². The maximum absolute atomic E-state index is 8.71. The summed E-state index contributed by atoms with van der Waals surface area (Å²) in [5.41, 5.74) is 0.290. The van der Waals surface area contributed by atoms with Crippen molar-refractivity contribution in [3.8, 4) is 0 Å². The molecule has 0 spiro atoms. The van der Waals surface area contributed by atoms with E-state index in [2.05, 4.69) is 5.16 Å². The van der Waals surface area contributed by atoms with Crippen molar-refractivity contribution < 1.29 is 9.94 Å². The van der Waals surface area contributed by atoms with Crippen LogP contribution in [0.15, 0.2) is 5.16 Å². The molecule has 3 heteroatoms. The molecule has 0 unspecified atom stereocenters. The predicted octanol–water partition coefficient (Wildman–Crippen LogP) is 1.17. The van der Waals surface area contributed by atoms with Crippen LogP contribution in [0.4, 0.5) is 0 Å². The van der Waals surface area contributed by atoms with E-state index in [1.807, 2.05) is 13.8 Å². The summed E-state index contributed by atoms with van der Waals surface area (Å²) in [4.78, 5) is 4.98. The standard InChI is InChI=1S/C7H15NO2/c1-6(2)8-10-7(3,4)5-9/h9H,5H2,1-4H3. The molecule has 1 N–H and O–H groups in total. The van der Waals surface area contributed by atoms with E-state index in [-0.39, 0.29) is 6.61 Å². The molecule has 0 amide bonds. The third kappa shape index (κ3) is 4.32. The molecule has 0 radical (unpaired) electrons. The number of hydrogen-bond acceptors (Lipinski definition) is 3. The van der Waals surface area contributed by atoms with Crippen LogP contribution in [-0.2, 0) is 4.84 Å². The van der Waals surface area contributed by atoms with Gasteiger partial charge in [-0.05, 0) is 27.7 Å². The van der Waals surface area contributed by atoms with Gasteiger partial charge in [0.05, 0.1) is 12.3 Å². The summed E-state index contributed by atoms with van der Waals surface area (Å²) < 4.78 is 0. The van der Waals surface area contributed by atoms with Gasteiger partial charge in [-0.3, -0.25) is 0 Å². The second-order valence-corrected chi connectivity index (χ2v) is 3.05. The van der Waals surface area contributed by atoms with Crippen LogP contribution in [0.2, 0.25) is 0 Å². The van der Waals surface area contributed by atoms with Crippen molar-refractivity contribution >= 4 is 5.71 Å². The highest BCUT2D eigenvalue weighted by molar-refractivity contribution is 5.78. The lowest BCUT2D eigenvalue weighted by Crippen LogP contribution is -2.26. The van der Waals surface area contributed by atoms with Gasteiger partial charge in [0.1, 0.15) is 0 Å². The average molecular weight is 145 g/mol. The Kier molecular flexibility index (Phi) is 3.36. The van der Waals surface area contributed by atoms with Crippen molar-refractivity contribution in [1.82, 2.24) is 0 Å². The highest BCUT2D eigenvalue weighted by Crippen LogP contribution is 2.07. The van der Waals surface area contributed by atoms with E-state index in [1.54, 1.807) is 13.8 Å². The zero-order valence-electron chi connectivity index (χ0n) is 7.01. The van der Waals surface area contributed by atoms with Gasteiger partial charge in [0.15, 0.2) is 5.60 Å². The zero-order chi connectivity index (χ0) is 8.20. The Morgan fingerprint density at radius 2 is 2.00 bits per heavy atom. The molecule has 0 saturated carbocycles. The Morgan fingerprint density at radius 1 is 1.50 bits per heavy atom. The number of aliphatic hydroxyl groups excluding tert-OH is 1. The SMILES string of the molecule is CC(C)=NOC(C)(C)CO. The van der Waals surface area contributed by atoms with E-state index in [9.17, 15) is 0 Å². The maximum Gasteiger partial charge on any atom is 0.155 e. The first-order valence-electron chi connectivity index (χ1n) is 3.28. The van der Waals surface area contributed by atoms with Gasteiger partial charge in [-0.25, -0.2) is 0 Å². The van der Waals surface area contributed by atoms with Crippen LogP contribution < -0.4 is 0 Å².